The van der Waals surface area contributed by atoms with Gasteiger partial charge < -0.3 is 9.59 Å². The molecule has 12 heavy (non-hydrogen) atoms. The molecule has 0 aliphatic heterocycles. The predicted molar refractivity (Wildman–Crippen MR) is 45.0 cm³/mol. The van der Waals surface area contributed by atoms with Gasteiger partial charge in [-0.15, -0.1) is 6.08 Å². The van der Waals surface area contributed by atoms with Crippen molar-refractivity contribution in [3.8, 4) is 0 Å². The molecule has 0 N–H and O–H groups in total. The fourth-order valence-corrected chi connectivity index (χ4v) is 0.562. The van der Waals surface area contributed by atoms with E-state index in [4.69, 9.17) is 9.59 Å². The van der Waals surface area contributed by atoms with Crippen LogP contribution in [0, 0.1) is 6.08 Å². The maximum Gasteiger partial charge on any atom is 0.106 e. The molecule has 1 radical (unpaired) electrons. The molecule has 0 unspecified atom stereocenters. The molecule has 1 rings (SSSR count). The third-order valence-electron chi connectivity index (χ3n) is 0.941. The van der Waals surface area contributed by atoms with Gasteiger partial charge in [-0.2, -0.15) is 30.4 Å². The molecule has 1 aliphatic carbocycles. The zero-order valence-electron chi connectivity index (χ0n) is 6.71. The summed E-state index contributed by atoms with van der Waals surface area (Å²) in [6, 6.07) is 0. The van der Waals surface area contributed by atoms with Crippen LogP contribution >= 0.6 is 0 Å². The molecule has 0 bridgehead atoms. The molecule has 0 atom stereocenters. The molecule has 2 nitrogen and oxygen atoms in total. The standard InChI is InChI=1S/C7H7.2CH2O.Rh/c1-2-7-5-3-4-6-7;2*1-2;/h2-3,5H,1,4H2;2*1H2;/q-1;;;. The van der Waals surface area contributed by atoms with Crippen molar-refractivity contribution >= 4 is 13.6 Å². The maximum atomic E-state index is 8.00. The number of allylic oxidation sites excluding steroid dienone is 5. The van der Waals surface area contributed by atoms with E-state index >= 15 is 0 Å². The predicted octanol–water partition coefficient (Wildman–Crippen LogP) is 1.49. The van der Waals surface area contributed by atoms with Crippen LogP contribution in [0.3, 0.4) is 0 Å². The topological polar surface area (TPSA) is 34.1 Å². The Morgan fingerprint density at radius 1 is 1.33 bits per heavy atom. The smallest absolute Gasteiger partial charge is 0.106 e. The Hall–Kier alpha value is -0.817. The second-order valence-electron chi connectivity index (χ2n) is 1.44. The van der Waals surface area contributed by atoms with Gasteiger partial charge in [-0.3, -0.25) is 0 Å². The van der Waals surface area contributed by atoms with E-state index in [9.17, 15) is 0 Å². The molecule has 0 aromatic heterocycles. The van der Waals surface area contributed by atoms with E-state index in [0.717, 1.165) is 12.0 Å². The van der Waals surface area contributed by atoms with Crippen molar-refractivity contribution in [3.05, 3.63) is 36.5 Å². The first-order valence-electron chi connectivity index (χ1n) is 2.91. The summed E-state index contributed by atoms with van der Waals surface area (Å²) in [7, 11) is 0. The van der Waals surface area contributed by atoms with Gasteiger partial charge in [0.25, 0.3) is 0 Å². The number of hydrogen-bond acceptors (Lipinski definition) is 2. The van der Waals surface area contributed by atoms with Crippen molar-refractivity contribution in [2.75, 3.05) is 0 Å². The Labute approximate surface area is 85.8 Å². The van der Waals surface area contributed by atoms with Crippen molar-refractivity contribution in [2.24, 2.45) is 0 Å². The van der Waals surface area contributed by atoms with Crippen molar-refractivity contribution in [1.29, 1.82) is 0 Å². The zero-order valence-corrected chi connectivity index (χ0v) is 8.35. The van der Waals surface area contributed by atoms with Crippen molar-refractivity contribution in [2.45, 2.75) is 6.42 Å². The third kappa shape index (κ3) is 9.18. The summed E-state index contributed by atoms with van der Waals surface area (Å²) in [4.78, 5) is 16.0. The maximum absolute atomic E-state index is 8.00. The molecule has 69 valence electrons. The second kappa shape index (κ2) is 16.6. The van der Waals surface area contributed by atoms with E-state index in [1.54, 1.807) is 0 Å². The van der Waals surface area contributed by atoms with Crippen LogP contribution in [0.2, 0.25) is 0 Å². The first-order chi connectivity index (χ1) is 5.43. The van der Waals surface area contributed by atoms with Crippen LogP contribution in [0.15, 0.2) is 30.4 Å². The minimum atomic E-state index is 0. The van der Waals surface area contributed by atoms with E-state index in [1.165, 1.54) is 0 Å². The molecule has 0 fully saturated rings. The summed E-state index contributed by atoms with van der Waals surface area (Å²) in [5, 5.41) is 0. The first-order valence-corrected chi connectivity index (χ1v) is 2.91. The summed E-state index contributed by atoms with van der Waals surface area (Å²) in [6.45, 7) is 7.59. The summed E-state index contributed by atoms with van der Waals surface area (Å²) in [5.41, 5.74) is 1.13. The van der Waals surface area contributed by atoms with Crippen molar-refractivity contribution in [3.63, 3.8) is 0 Å². The molecule has 0 spiro atoms. The van der Waals surface area contributed by atoms with Crippen LogP contribution < -0.4 is 0 Å². The molecular weight excluding hydrogens is 243 g/mol. The Bertz CT molecular complexity index is 160. The van der Waals surface area contributed by atoms with Gasteiger partial charge in [-0.1, -0.05) is 6.42 Å². The van der Waals surface area contributed by atoms with Gasteiger partial charge in [0, 0.05) is 19.5 Å². The summed E-state index contributed by atoms with van der Waals surface area (Å²) in [5.74, 6) is 0. The Morgan fingerprint density at radius 2 is 1.83 bits per heavy atom. The van der Waals surface area contributed by atoms with Crippen LogP contribution in [0.25, 0.3) is 0 Å². The fourth-order valence-electron chi connectivity index (χ4n) is 0.562. The van der Waals surface area contributed by atoms with Gasteiger partial charge >= 0.3 is 0 Å². The van der Waals surface area contributed by atoms with Gasteiger partial charge in [0.05, 0.1) is 0 Å². The van der Waals surface area contributed by atoms with Crippen LogP contribution in [0.4, 0.5) is 0 Å². The molecule has 0 saturated carbocycles. The van der Waals surface area contributed by atoms with Crippen LogP contribution in [0.5, 0.6) is 0 Å². The average Bonchev–Trinajstić information content (AvgIpc) is 2.63. The molecule has 3 heteroatoms. The number of rotatable bonds is 1. The van der Waals surface area contributed by atoms with Gasteiger partial charge in [0.2, 0.25) is 0 Å². The van der Waals surface area contributed by atoms with Gasteiger partial charge in [0.15, 0.2) is 0 Å². The Balaban J connectivity index is -0.000000144. The molecule has 0 saturated heterocycles. The van der Waals surface area contributed by atoms with Crippen LogP contribution in [-0.4, -0.2) is 13.6 Å². The average molecular weight is 254 g/mol. The third-order valence-corrected chi connectivity index (χ3v) is 0.941. The second-order valence-corrected chi connectivity index (χ2v) is 1.44. The summed E-state index contributed by atoms with van der Waals surface area (Å²) < 4.78 is 0. The van der Waals surface area contributed by atoms with Gasteiger partial charge in [-0.25, -0.2) is 0 Å². The van der Waals surface area contributed by atoms with Crippen LogP contribution in [0.1, 0.15) is 6.42 Å². The minimum Gasteiger partial charge on any atom is -0.307 e. The number of carbonyl (C=O) groups is 2. The molecule has 0 amide bonds. The largest absolute Gasteiger partial charge is 0.307 e. The van der Waals surface area contributed by atoms with Gasteiger partial charge in [-0.05, 0) is 0 Å². The fraction of sp³-hybridized carbons (Fsp3) is 0.111. The van der Waals surface area contributed by atoms with E-state index in [0.29, 0.717) is 0 Å². The summed E-state index contributed by atoms with van der Waals surface area (Å²) in [6.07, 6.45) is 9.95. The van der Waals surface area contributed by atoms with E-state index < -0.39 is 0 Å². The molecule has 1 aliphatic rings. The number of carbonyl (C=O) groups excluding carboxylic acids is 2. The van der Waals surface area contributed by atoms with E-state index in [2.05, 4.69) is 18.7 Å². The first kappa shape index (κ1) is 17.3. The Kier molecular flexibility index (Phi) is 24.0. The molecule has 0 aromatic rings. The van der Waals surface area contributed by atoms with E-state index in [1.807, 2.05) is 25.7 Å². The van der Waals surface area contributed by atoms with Crippen molar-refractivity contribution < 1.29 is 29.1 Å². The molecule has 0 heterocycles. The number of hydrogen-bond donors (Lipinski definition) is 0. The molecular formula is C9H11O2Rh-. The zero-order chi connectivity index (χ0) is 9.11. The quantitative estimate of drug-likeness (QED) is 0.524. The Morgan fingerprint density at radius 3 is 2.00 bits per heavy atom. The molecule has 0 aromatic carbocycles. The SMILES string of the molecule is C=CC1=[C-]CC=C1.C=O.C=O.[Rh]. The minimum absolute atomic E-state index is 0. The van der Waals surface area contributed by atoms with Crippen molar-refractivity contribution in [1.82, 2.24) is 0 Å². The van der Waals surface area contributed by atoms with E-state index in [-0.39, 0.29) is 19.5 Å². The monoisotopic (exact) mass is 254 g/mol. The normalized spacial score (nSPS) is 10.5. The van der Waals surface area contributed by atoms with Gasteiger partial charge in [0.1, 0.15) is 13.6 Å². The summed E-state index contributed by atoms with van der Waals surface area (Å²) >= 11 is 0. The van der Waals surface area contributed by atoms with Crippen LogP contribution in [-0.2, 0) is 29.1 Å².